The topological polar surface area (TPSA) is 74.2 Å². The van der Waals surface area contributed by atoms with Gasteiger partial charge in [-0.3, -0.25) is 0 Å². The van der Waals surface area contributed by atoms with Crippen LogP contribution >= 0.6 is 0 Å². The van der Waals surface area contributed by atoms with Gasteiger partial charge < -0.3 is 15.0 Å². The first-order valence-corrected chi connectivity index (χ1v) is 5.68. The van der Waals surface area contributed by atoms with Crippen LogP contribution in [0.5, 0.6) is 0 Å². The Kier molecular flexibility index (Phi) is 5.67. The van der Waals surface area contributed by atoms with E-state index in [1.807, 2.05) is 6.92 Å². The summed E-state index contributed by atoms with van der Waals surface area (Å²) >= 11 is 0. The molecule has 5 nitrogen and oxygen atoms in total. The third kappa shape index (κ3) is 4.75. The van der Waals surface area contributed by atoms with Gasteiger partial charge in [0.15, 0.2) is 5.82 Å². The lowest BCUT2D eigenvalue weighted by atomic mass is 10.2. The largest absolute Gasteiger partial charge is 0.367 e. The Morgan fingerprint density at radius 2 is 2.11 bits per heavy atom. The molecule has 1 aromatic rings. The van der Waals surface area contributed by atoms with Crippen LogP contribution in [0.1, 0.15) is 37.5 Å². The molecule has 0 fully saturated rings. The summed E-state index contributed by atoms with van der Waals surface area (Å²) in [4.78, 5) is 3.83. The lowest BCUT2D eigenvalue weighted by molar-refractivity contribution is -0.168. The van der Waals surface area contributed by atoms with Crippen molar-refractivity contribution in [1.29, 1.82) is 0 Å². The molecule has 1 aromatic heterocycles. The van der Waals surface area contributed by atoms with Crippen molar-refractivity contribution in [2.24, 2.45) is 5.73 Å². The summed E-state index contributed by atoms with van der Waals surface area (Å²) in [5, 5.41) is 3.46. The van der Waals surface area contributed by atoms with Crippen LogP contribution in [0.3, 0.4) is 0 Å². The van der Waals surface area contributed by atoms with Gasteiger partial charge in [-0.05, 0) is 6.42 Å². The summed E-state index contributed by atoms with van der Waals surface area (Å²) in [5.41, 5.74) is 5.70. The first-order chi connectivity index (χ1) is 8.86. The van der Waals surface area contributed by atoms with Crippen LogP contribution < -0.4 is 5.73 Å². The third-order valence-corrected chi connectivity index (χ3v) is 2.25. The number of nitrogens with two attached hydrogens (primary N) is 1. The predicted molar refractivity (Wildman–Crippen MR) is 56.7 cm³/mol. The van der Waals surface area contributed by atoms with Crippen LogP contribution in [0.4, 0.5) is 17.6 Å². The molecular weight excluding hydrogens is 270 g/mol. The van der Waals surface area contributed by atoms with E-state index < -0.39 is 31.6 Å². The smallest absolute Gasteiger partial charge is 0.330 e. The fourth-order valence-electron chi connectivity index (χ4n) is 1.25. The van der Waals surface area contributed by atoms with Gasteiger partial charge in [0, 0.05) is 0 Å². The van der Waals surface area contributed by atoms with Gasteiger partial charge in [0.05, 0.1) is 6.04 Å². The van der Waals surface area contributed by atoms with Crippen molar-refractivity contribution >= 4 is 0 Å². The summed E-state index contributed by atoms with van der Waals surface area (Å²) in [5.74, 6) is -4.03. The Labute approximate surface area is 107 Å². The second kappa shape index (κ2) is 6.80. The normalized spacial score (nSPS) is 14.1. The molecule has 110 valence electrons. The van der Waals surface area contributed by atoms with Gasteiger partial charge in [0.1, 0.15) is 13.2 Å². The molecule has 1 rings (SSSR count). The van der Waals surface area contributed by atoms with Crippen molar-refractivity contribution in [3.8, 4) is 0 Å². The lowest BCUT2D eigenvalue weighted by Gasteiger charge is -2.14. The van der Waals surface area contributed by atoms with Crippen molar-refractivity contribution < 1.29 is 26.8 Å². The Morgan fingerprint density at radius 3 is 2.68 bits per heavy atom. The average molecular weight is 285 g/mol. The van der Waals surface area contributed by atoms with Crippen LogP contribution in [0.25, 0.3) is 0 Å². The molecule has 19 heavy (non-hydrogen) atoms. The number of hydrogen-bond acceptors (Lipinski definition) is 5. The molecule has 0 bridgehead atoms. The summed E-state index contributed by atoms with van der Waals surface area (Å²) < 4.78 is 58.0. The first-order valence-electron chi connectivity index (χ1n) is 5.68. The minimum atomic E-state index is -4.19. The Hall–Kier alpha value is -1.22. The van der Waals surface area contributed by atoms with Crippen LogP contribution in [0.15, 0.2) is 4.52 Å². The van der Waals surface area contributed by atoms with E-state index in [0.29, 0.717) is 6.42 Å². The van der Waals surface area contributed by atoms with E-state index in [1.54, 1.807) is 0 Å². The number of halogens is 4. The maximum Gasteiger partial charge on any atom is 0.330 e. The van der Waals surface area contributed by atoms with Gasteiger partial charge >= 0.3 is 12.3 Å². The highest BCUT2D eigenvalue weighted by Gasteiger charge is 2.41. The molecule has 0 spiro atoms. The summed E-state index contributed by atoms with van der Waals surface area (Å²) in [6.45, 7) is 0.0763. The minimum absolute atomic E-state index is 0.00776. The minimum Gasteiger partial charge on any atom is -0.367 e. The number of alkyl halides is 4. The standard InChI is InChI=1S/C10H15F4N3O2/c1-2-3-6(15)8-16-7(17-19-8)4-18-5-10(13,14)9(11)12/h6,9H,2-5,15H2,1H3/t6-/m0/s1. The number of rotatable bonds is 8. The molecule has 0 aliphatic carbocycles. The second-order valence-corrected chi connectivity index (χ2v) is 4.00. The van der Waals surface area contributed by atoms with Gasteiger partial charge in [-0.15, -0.1) is 0 Å². The van der Waals surface area contributed by atoms with Gasteiger partial charge in [-0.1, -0.05) is 18.5 Å². The molecule has 0 saturated heterocycles. The van der Waals surface area contributed by atoms with Crippen LogP contribution in [-0.2, 0) is 11.3 Å². The van der Waals surface area contributed by atoms with E-state index >= 15 is 0 Å². The van der Waals surface area contributed by atoms with Crippen molar-refractivity contribution in [2.45, 2.75) is 44.8 Å². The molecule has 1 heterocycles. The number of ether oxygens (including phenoxy) is 1. The molecule has 2 N–H and O–H groups in total. The van der Waals surface area contributed by atoms with E-state index in [0.717, 1.165) is 6.42 Å². The Bertz CT molecular complexity index is 387. The number of nitrogens with zero attached hydrogens (tertiary/aromatic N) is 2. The van der Waals surface area contributed by atoms with Crippen LogP contribution in [0, 0.1) is 0 Å². The van der Waals surface area contributed by atoms with Gasteiger partial charge in [-0.2, -0.15) is 13.8 Å². The van der Waals surface area contributed by atoms with Crippen LogP contribution in [0.2, 0.25) is 0 Å². The molecule has 1 atom stereocenters. The fraction of sp³-hybridized carbons (Fsp3) is 0.800. The Morgan fingerprint density at radius 1 is 1.42 bits per heavy atom. The monoisotopic (exact) mass is 285 g/mol. The van der Waals surface area contributed by atoms with Gasteiger partial charge in [0.25, 0.3) is 0 Å². The van der Waals surface area contributed by atoms with Gasteiger partial charge in [0.2, 0.25) is 5.89 Å². The SMILES string of the molecule is CCC[C@H](N)c1nc(COCC(F)(F)C(F)F)no1. The van der Waals surface area contributed by atoms with E-state index in [4.69, 9.17) is 10.3 Å². The number of aromatic nitrogens is 2. The highest BCUT2D eigenvalue weighted by atomic mass is 19.3. The second-order valence-electron chi connectivity index (χ2n) is 4.00. The maximum atomic E-state index is 12.5. The van der Waals surface area contributed by atoms with Gasteiger partial charge in [-0.25, -0.2) is 8.78 Å². The summed E-state index contributed by atoms with van der Waals surface area (Å²) in [7, 11) is 0. The molecule has 0 aliphatic rings. The first kappa shape index (κ1) is 15.8. The fourth-order valence-corrected chi connectivity index (χ4v) is 1.25. The predicted octanol–water partition coefficient (Wildman–Crippen LogP) is 2.29. The van der Waals surface area contributed by atoms with Crippen molar-refractivity contribution in [3.63, 3.8) is 0 Å². The summed E-state index contributed by atoms with van der Waals surface area (Å²) in [6.07, 6.45) is -2.33. The van der Waals surface area contributed by atoms with Crippen molar-refractivity contribution in [3.05, 3.63) is 11.7 Å². The Balaban J connectivity index is 2.42. The van der Waals surface area contributed by atoms with E-state index in [2.05, 4.69) is 14.9 Å². The quantitative estimate of drug-likeness (QED) is 0.742. The average Bonchev–Trinajstić information content (AvgIpc) is 2.77. The highest BCUT2D eigenvalue weighted by Crippen LogP contribution is 2.23. The maximum absolute atomic E-state index is 12.5. The molecule has 0 saturated carbocycles. The van der Waals surface area contributed by atoms with E-state index in [1.165, 1.54) is 0 Å². The molecule has 0 aromatic carbocycles. The number of hydrogen-bond donors (Lipinski definition) is 1. The third-order valence-electron chi connectivity index (χ3n) is 2.25. The highest BCUT2D eigenvalue weighted by molar-refractivity contribution is 4.90. The molecule has 0 unspecified atom stereocenters. The zero-order valence-corrected chi connectivity index (χ0v) is 10.3. The van der Waals surface area contributed by atoms with Crippen molar-refractivity contribution in [2.75, 3.05) is 6.61 Å². The van der Waals surface area contributed by atoms with E-state index in [-0.39, 0.29) is 11.7 Å². The summed E-state index contributed by atoms with van der Waals surface area (Å²) in [6, 6.07) is -0.436. The molecule has 9 heteroatoms. The molecule has 0 amide bonds. The molecular formula is C10H15F4N3O2. The molecule has 0 aliphatic heterocycles. The molecule has 0 radical (unpaired) electrons. The van der Waals surface area contributed by atoms with Crippen LogP contribution in [-0.4, -0.2) is 29.1 Å². The van der Waals surface area contributed by atoms with E-state index in [9.17, 15) is 17.6 Å². The zero-order chi connectivity index (χ0) is 14.5. The lowest BCUT2D eigenvalue weighted by Crippen LogP contribution is -2.32. The van der Waals surface area contributed by atoms with Crippen molar-refractivity contribution in [1.82, 2.24) is 10.1 Å². The zero-order valence-electron chi connectivity index (χ0n) is 10.3.